The maximum absolute atomic E-state index is 8.57. The molecule has 6 nitrogen and oxygen atoms in total. The minimum absolute atomic E-state index is 0.300. The van der Waals surface area contributed by atoms with Gasteiger partial charge in [0.1, 0.15) is 24.5 Å². The average Bonchev–Trinajstić information content (AvgIpc) is 2.30. The molecule has 0 aliphatic heterocycles. The Bertz CT molecular complexity index is 362. The van der Waals surface area contributed by atoms with Gasteiger partial charge in [-0.2, -0.15) is 5.26 Å². The molecule has 16 heavy (non-hydrogen) atoms. The third-order valence-corrected chi connectivity index (χ3v) is 1.96. The molecule has 0 unspecified atom stereocenters. The molecule has 0 saturated carbocycles. The molecule has 0 amide bonds. The predicted octanol–water partition coefficient (Wildman–Crippen LogP) is 0.495. The Morgan fingerprint density at radius 2 is 2.38 bits per heavy atom. The molecule has 86 valence electrons. The van der Waals surface area contributed by atoms with Crippen molar-refractivity contribution in [3.05, 3.63) is 12.4 Å². The zero-order valence-electron chi connectivity index (χ0n) is 9.47. The van der Waals surface area contributed by atoms with E-state index in [9.17, 15) is 0 Å². The molecule has 0 fully saturated rings. The van der Waals surface area contributed by atoms with Gasteiger partial charge in [-0.1, -0.05) is 0 Å². The Morgan fingerprint density at radius 1 is 1.56 bits per heavy atom. The maximum Gasteiger partial charge on any atom is 0.134 e. The number of nitrogens with one attached hydrogen (secondary N) is 1. The van der Waals surface area contributed by atoms with E-state index in [1.807, 2.05) is 7.05 Å². The first-order valence-electron chi connectivity index (χ1n) is 4.91. The summed E-state index contributed by atoms with van der Waals surface area (Å²) in [6.07, 6.45) is 1.47. The number of hydrogen-bond donors (Lipinski definition) is 1. The summed E-state index contributed by atoms with van der Waals surface area (Å²) in [6.45, 7) is 1.61. The van der Waals surface area contributed by atoms with Gasteiger partial charge in [-0.05, 0) is 0 Å². The topological polar surface area (TPSA) is 74.1 Å². The highest BCUT2D eigenvalue weighted by Crippen LogP contribution is 2.11. The average molecular weight is 221 g/mol. The molecule has 0 saturated heterocycles. The standard InChI is InChI=1S/C10H15N5O/c1-15(5-3-11)10-7-9(13-8-14-10)12-4-6-16-2/h7-8H,4-6H2,1-2H3,(H,12,13,14). The molecule has 1 aromatic rings. The maximum atomic E-state index is 8.57. The van der Waals surface area contributed by atoms with Gasteiger partial charge in [0.25, 0.3) is 0 Å². The van der Waals surface area contributed by atoms with Gasteiger partial charge >= 0.3 is 0 Å². The summed E-state index contributed by atoms with van der Waals surface area (Å²) in [7, 11) is 3.46. The van der Waals surface area contributed by atoms with Crippen LogP contribution in [0.5, 0.6) is 0 Å². The van der Waals surface area contributed by atoms with E-state index in [4.69, 9.17) is 10.00 Å². The van der Waals surface area contributed by atoms with Crippen LogP contribution >= 0.6 is 0 Å². The molecule has 0 spiro atoms. The van der Waals surface area contributed by atoms with Gasteiger partial charge in [-0.15, -0.1) is 0 Å². The van der Waals surface area contributed by atoms with Crippen molar-refractivity contribution in [2.75, 3.05) is 44.1 Å². The molecular weight excluding hydrogens is 206 g/mol. The van der Waals surface area contributed by atoms with Crippen molar-refractivity contribution in [3.8, 4) is 6.07 Å². The second-order valence-electron chi connectivity index (χ2n) is 3.20. The van der Waals surface area contributed by atoms with Crippen molar-refractivity contribution >= 4 is 11.6 Å². The summed E-state index contributed by atoms with van der Waals surface area (Å²) in [5.74, 6) is 1.45. The van der Waals surface area contributed by atoms with E-state index < -0.39 is 0 Å². The molecule has 1 heterocycles. The molecule has 1 rings (SSSR count). The summed E-state index contributed by atoms with van der Waals surface area (Å²) in [4.78, 5) is 9.90. The Kier molecular flexibility index (Phi) is 5.02. The normalized spacial score (nSPS) is 9.56. The number of aromatic nitrogens is 2. The van der Waals surface area contributed by atoms with Crippen LogP contribution in [0.25, 0.3) is 0 Å². The van der Waals surface area contributed by atoms with E-state index in [0.717, 1.165) is 11.6 Å². The Balaban J connectivity index is 2.60. The number of rotatable bonds is 6. The molecule has 1 aromatic heterocycles. The van der Waals surface area contributed by atoms with E-state index in [1.165, 1.54) is 6.33 Å². The van der Waals surface area contributed by atoms with Crippen molar-refractivity contribution in [1.82, 2.24) is 9.97 Å². The summed E-state index contributed by atoms with van der Waals surface area (Å²) >= 11 is 0. The number of anilines is 2. The molecule has 0 aliphatic carbocycles. The fraction of sp³-hybridized carbons (Fsp3) is 0.500. The zero-order chi connectivity index (χ0) is 11.8. The number of nitriles is 1. The molecule has 0 bridgehead atoms. The highest BCUT2D eigenvalue weighted by Gasteiger charge is 2.03. The van der Waals surface area contributed by atoms with Crippen LogP contribution in [-0.2, 0) is 4.74 Å². The minimum Gasteiger partial charge on any atom is -0.383 e. The fourth-order valence-electron chi connectivity index (χ4n) is 1.12. The molecular formula is C10H15N5O. The summed E-state index contributed by atoms with van der Waals surface area (Å²) < 4.78 is 4.92. The quantitative estimate of drug-likeness (QED) is 0.557. The van der Waals surface area contributed by atoms with Gasteiger partial charge < -0.3 is 15.0 Å². The van der Waals surface area contributed by atoms with Gasteiger partial charge in [0.05, 0.1) is 12.7 Å². The summed E-state index contributed by atoms with van der Waals surface area (Å²) in [5.41, 5.74) is 0. The van der Waals surface area contributed by atoms with E-state index in [2.05, 4.69) is 21.4 Å². The van der Waals surface area contributed by atoms with Crippen LogP contribution < -0.4 is 10.2 Å². The highest BCUT2D eigenvalue weighted by atomic mass is 16.5. The number of ether oxygens (including phenoxy) is 1. The molecule has 0 atom stereocenters. The lowest BCUT2D eigenvalue weighted by atomic mass is 10.4. The van der Waals surface area contributed by atoms with Crippen LogP contribution in [0.15, 0.2) is 12.4 Å². The number of methoxy groups -OCH3 is 1. The third-order valence-electron chi connectivity index (χ3n) is 1.96. The number of hydrogen-bond acceptors (Lipinski definition) is 6. The Labute approximate surface area is 94.9 Å². The predicted molar refractivity (Wildman–Crippen MR) is 61.3 cm³/mol. The Morgan fingerprint density at radius 3 is 3.06 bits per heavy atom. The first-order valence-corrected chi connectivity index (χ1v) is 4.91. The molecule has 0 radical (unpaired) electrons. The van der Waals surface area contributed by atoms with Crippen LogP contribution in [0.1, 0.15) is 0 Å². The largest absolute Gasteiger partial charge is 0.383 e. The van der Waals surface area contributed by atoms with Crippen molar-refractivity contribution < 1.29 is 4.74 Å². The fourth-order valence-corrected chi connectivity index (χ4v) is 1.12. The van der Waals surface area contributed by atoms with Gasteiger partial charge in [0.15, 0.2) is 0 Å². The van der Waals surface area contributed by atoms with Gasteiger partial charge in [0.2, 0.25) is 0 Å². The summed E-state index contributed by atoms with van der Waals surface area (Å²) in [5, 5.41) is 11.7. The van der Waals surface area contributed by atoms with Crippen LogP contribution in [0.4, 0.5) is 11.6 Å². The van der Waals surface area contributed by atoms with Crippen LogP contribution in [0.3, 0.4) is 0 Å². The van der Waals surface area contributed by atoms with E-state index in [1.54, 1.807) is 18.1 Å². The second-order valence-corrected chi connectivity index (χ2v) is 3.20. The van der Waals surface area contributed by atoms with Crippen LogP contribution in [-0.4, -0.2) is 43.8 Å². The zero-order valence-corrected chi connectivity index (χ0v) is 9.47. The molecule has 1 N–H and O–H groups in total. The lowest BCUT2D eigenvalue weighted by Gasteiger charge is -2.14. The van der Waals surface area contributed by atoms with Crippen molar-refractivity contribution in [1.29, 1.82) is 5.26 Å². The van der Waals surface area contributed by atoms with Crippen molar-refractivity contribution in [2.24, 2.45) is 0 Å². The molecule has 0 aliphatic rings. The monoisotopic (exact) mass is 221 g/mol. The van der Waals surface area contributed by atoms with Crippen LogP contribution in [0.2, 0.25) is 0 Å². The van der Waals surface area contributed by atoms with Crippen molar-refractivity contribution in [3.63, 3.8) is 0 Å². The SMILES string of the molecule is COCCNc1cc(N(C)CC#N)ncn1. The van der Waals surface area contributed by atoms with Crippen LogP contribution in [0, 0.1) is 11.3 Å². The molecule has 6 heteroatoms. The van der Waals surface area contributed by atoms with Crippen molar-refractivity contribution in [2.45, 2.75) is 0 Å². The van der Waals surface area contributed by atoms with E-state index >= 15 is 0 Å². The smallest absolute Gasteiger partial charge is 0.134 e. The molecule has 0 aromatic carbocycles. The first-order chi connectivity index (χ1) is 7.77. The lowest BCUT2D eigenvalue weighted by molar-refractivity contribution is 0.210. The minimum atomic E-state index is 0.300. The van der Waals surface area contributed by atoms with Gasteiger partial charge in [0, 0.05) is 26.8 Å². The third kappa shape index (κ3) is 3.71. The van der Waals surface area contributed by atoms with Gasteiger partial charge in [-0.3, -0.25) is 0 Å². The second kappa shape index (κ2) is 6.58. The van der Waals surface area contributed by atoms with Gasteiger partial charge in [-0.25, -0.2) is 9.97 Å². The Hall–Kier alpha value is -1.87. The number of nitrogens with zero attached hydrogens (tertiary/aromatic N) is 4. The highest BCUT2D eigenvalue weighted by molar-refractivity contribution is 5.48. The summed E-state index contributed by atoms with van der Waals surface area (Å²) in [6, 6.07) is 3.86. The lowest BCUT2D eigenvalue weighted by Crippen LogP contribution is -2.19. The van der Waals surface area contributed by atoms with E-state index in [0.29, 0.717) is 19.7 Å². The van der Waals surface area contributed by atoms with E-state index in [-0.39, 0.29) is 0 Å². The first kappa shape index (κ1) is 12.2.